The second kappa shape index (κ2) is 5.34. The van der Waals surface area contributed by atoms with Crippen LogP contribution in [0.2, 0.25) is 0 Å². The number of allylic oxidation sites excluding steroid dienone is 1. The van der Waals surface area contributed by atoms with Crippen LogP contribution in [0.25, 0.3) is 6.08 Å². The molecule has 0 aromatic carbocycles. The van der Waals surface area contributed by atoms with Gasteiger partial charge in [-0.15, -0.1) is 11.3 Å². The third kappa shape index (κ3) is 3.14. The Bertz CT molecular complexity index is 276. The first-order chi connectivity index (χ1) is 5.76. The maximum absolute atomic E-state index is 4.27. The van der Waals surface area contributed by atoms with Crippen LogP contribution in [0.5, 0.6) is 0 Å². The molecule has 0 saturated carbocycles. The highest BCUT2D eigenvalue weighted by molar-refractivity contribution is 14.1. The average Bonchev–Trinajstić information content (AvgIpc) is 2.47. The van der Waals surface area contributed by atoms with Gasteiger partial charge >= 0.3 is 0 Å². The predicted molar refractivity (Wildman–Crippen MR) is 66.9 cm³/mol. The Labute approximate surface area is 98.6 Å². The molecule has 0 amide bonds. The summed E-state index contributed by atoms with van der Waals surface area (Å²) in [5.74, 6) is 0. The number of thiazole rings is 1. The largest absolute Gasteiger partial charge is 0.244 e. The summed E-state index contributed by atoms with van der Waals surface area (Å²) in [6.07, 6.45) is 5.14. The molecule has 1 aromatic heterocycles. The van der Waals surface area contributed by atoms with Crippen molar-refractivity contribution in [1.82, 2.24) is 4.98 Å². The molecule has 0 aliphatic heterocycles. The van der Waals surface area contributed by atoms with Crippen LogP contribution in [-0.4, -0.2) is 10.3 Å². The molecule has 0 bridgehead atoms. The number of alkyl halides is 1. The molecule has 0 spiro atoms. The van der Waals surface area contributed by atoms with Crippen LogP contribution in [0.15, 0.2) is 11.8 Å². The topological polar surface area (TPSA) is 12.9 Å². The van der Waals surface area contributed by atoms with Gasteiger partial charge in [-0.05, 0) is 35.1 Å². The van der Waals surface area contributed by atoms with Crippen LogP contribution < -0.4 is 0 Å². The third-order valence-corrected chi connectivity index (χ3v) is 3.84. The van der Waals surface area contributed by atoms with Gasteiger partial charge in [0.2, 0.25) is 0 Å². The molecule has 4 heteroatoms. The molecule has 12 heavy (non-hydrogen) atoms. The van der Waals surface area contributed by atoms with Gasteiger partial charge in [0.25, 0.3) is 0 Å². The SMILES string of the molecule is CC/C(=C/c1ncc(I)s1)CBr. The lowest BCUT2D eigenvalue weighted by molar-refractivity contribution is 1.12. The summed E-state index contributed by atoms with van der Waals surface area (Å²) < 4.78 is 1.24. The van der Waals surface area contributed by atoms with Crippen molar-refractivity contribution in [2.75, 3.05) is 5.33 Å². The summed E-state index contributed by atoms with van der Waals surface area (Å²) in [7, 11) is 0. The van der Waals surface area contributed by atoms with Gasteiger partial charge in [0.1, 0.15) is 5.01 Å². The molecule has 66 valence electrons. The number of nitrogens with zero attached hydrogens (tertiary/aromatic N) is 1. The number of rotatable bonds is 3. The van der Waals surface area contributed by atoms with Gasteiger partial charge in [0.05, 0.1) is 9.08 Å². The summed E-state index contributed by atoms with van der Waals surface area (Å²) in [6, 6.07) is 0. The van der Waals surface area contributed by atoms with Crippen molar-refractivity contribution in [2.24, 2.45) is 0 Å². The first-order valence-electron chi connectivity index (χ1n) is 3.63. The quantitative estimate of drug-likeness (QED) is 0.589. The fraction of sp³-hybridized carbons (Fsp3) is 0.375. The van der Waals surface area contributed by atoms with Crippen LogP contribution in [0.4, 0.5) is 0 Å². The molecule has 1 heterocycles. The normalized spacial score (nSPS) is 12.1. The summed E-state index contributed by atoms with van der Waals surface area (Å²) in [6.45, 7) is 2.16. The fourth-order valence-corrected chi connectivity index (χ4v) is 2.75. The van der Waals surface area contributed by atoms with E-state index < -0.39 is 0 Å². The van der Waals surface area contributed by atoms with Gasteiger partial charge < -0.3 is 0 Å². The van der Waals surface area contributed by atoms with Gasteiger partial charge in [-0.25, -0.2) is 4.98 Å². The smallest absolute Gasteiger partial charge is 0.117 e. The van der Waals surface area contributed by atoms with Gasteiger partial charge in [0.15, 0.2) is 0 Å². The minimum absolute atomic E-state index is 0.944. The second-order valence-corrected chi connectivity index (χ2v) is 5.81. The first-order valence-corrected chi connectivity index (χ1v) is 6.64. The van der Waals surface area contributed by atoms with E-state index in [2.05, 4.69) is 56.5 Å². The van der Waals surface area contributed by atoms with E-state index in [-0.39, 0.29) is 0 Å². The molecule has 0 atom stereocenters. The molecule has 0 saturated heterocycles. The number of aromatic nitrogens is 1. The van der Waals surface area contributed by atoms with Crippen molar-refractivity contribution >= 4 is 55.9 Å². The Morgan fingerprint density at radius 2 is 2.58 bits per heavy atom. The lowest BCUT2D eigenvalue weighted by Gasteiger charge is -1.95. The Morgan fingerprint density at radius 1 is 1.83 bits per heavy atom. The van der Waals surface area contributed by atoms with Crippen molar-refractivity contribution < 1.29 is 0 Å². The first kappa shape index (κ1) is 10.7. The zero-order valence-corrected chi connectivity index (χ0v) is 11.2. The van der Waals surface area contributed by atoms with E-state index in [9.17, 15) is 0 Å². The molecular formula is C8H9BrINS. The number of hydrogen-bond donors (Lipinski definition) is 0. The molecule has 1 nitrogen and oxygen atoms in total. The van der Waals surface area contributed by atoms with Crippen molar-refractivity contribution in [3.05, 3.63) is 19.7 Å². The molecule has 0 N–H and O–H groups in total. The van der Waals surface area contributed by atoms with Crippen LogP contribution >= 0.6 is 49.9 Å². The summed E-state index contributed by atoms with van der Waals surface area (Å²) in [4.78, 5) is 4.27. The number of halogens is 2. The lowest BCUT2D eigenvalue weighted by Crippen LogP contribution is -1.80. The van der Waals surface area contributed by atoms with Crippen molar-refractivity contribution in [3.8, 4) is 0 Å². The Balaban J connectivity index is 2.78. The Morgan fingerprint density at radius 3 is 3.00 bits per heavy atom. The van der Waals surface area contributed by atoms with Gasteiger partial charge in [-0.2, -0.15) is 0 Å². The molecule has 0 radical (unpaired) electrons. The van der Waals surface area contributed by atoms with E-state index in [0.29, 0.717) is 0 Å². The van der Waals surface area contributed by atoms with Gasteiger partial charge in [0, 0.05) is 5.33 Å². The van der Waals surface area contributed by atoms with Crippen LogP contribution in [0.1, 0.15) is 18.4 Å². The average molecular weight is 358 g/mol. The minimum atomic E-state index is 0.944. The summed E-state index contributed by atoms with van der Waals surface area (Å²) in [5, 5.41) is 2.05. The molecular weight excluding hydrogens is 349 g/mol. The predicted octanol–water partition coefficient (Wildman–Crippen LogP) is 3.94. The minimum Gasteiger partial charge on any atom is -0.244 e. The van der Waals surface area contributed by atoms with E-state index in [1.807, 2.05) is 6.20 Å². The van der Waals surface area contributed by atoms with Crippen molar-refractivity contribution in [2.45, 2.75) is 13.3 Å². The molecule has 0 aliphatic rings. The Kier molecular flexibility index (Phi) is 4.74. The van der Waals surface area contributed by atoms with E-state index in [4.69, 9.17) is 0 Å². The molecule has 1 rings (SSSR count). The molecule has 0 unspecified atom stereocenters. The van der Waals surface area contributed by atoms with Crippen molar-refractivity contribution in [3.63, 3.8) is 0 Å². The van der Waals surface area contributed by atoms with E-state index >= 15 is 0 Å². The fourth-order valence-electron chi connectivity index (χ4n) is 0.743. The lowest BCUT2D eigenvalue weighted by atomic mass is 10.2. The third-order valence-electron chi connectivity index (χ3n) is 1.45. The highest BCUT2D eigenvalue weighted by atomic mass is 127. The molecule has 0 fully saturated rings. The van der Waals surface area contributed by atoms with Crippen LogP contribution in [0, 0.1) is 2.88 Å². The highest BCUT2D eigenvalue weighted by Crippen LogP contribution is 2.19. The van der Waals surface area contributed by atoms with Gasteiger partial charge in [-0.3, -0.25) is 0 Å². The summed E-state index contributed by atoms with van der Waals surface area (Å²) >= 11 is 7.46. The second-order valence-electron chi connectivity index (χ2n) is 2.29. The zero-order chi connectivity index (χ0) is 8.97. The zero-order valence-electron chi connectivity index (χ0n) is 6.68. The summed E-state index contributed by atoms with van der Waals surface area (Å²) in [5.41, 5.74) is 1.39. The Hall–Kier alpha value is 0.580. The monoisotopic (exact) mass is 357 g/mol. The van der Waals surface area contributed by atoms with Gasteiger partial charge in [-0.1, -0.05) is 28.4 Å². The molecule has 1 aromatic rings. The standard InChI is InChI=1S/C8H9BrINS/c1-2-6(4-9)3-8-11-5-7(10)12-8/h3,5H,2,4H2,1H3/b6-3-. The maximum Gasteiger partial charge on any atom is 0.117 e. The van der Waals surface area contributed by atoms with E-state index in [1.54, 1.807) is 11.3 Å². The number of hydrogen-bond acceptors (Lipinski definition) is 2. The van der Waals surface area contributed by atoms with Crippen molar-refractivity contribution in [1.29, 1.82) is 0 Å². The van der Waals surface area contributed by atoms with Crippen LogP contribution in [0.3, 0.4) is 0 Å². The molecule has 0 aliphatic carbocycles. The van der Waals surface area contributed by atoms with Crippen LogP contribution in [-0.2, 0) is 0 Å². The highest BCUT2D eigenvalue weighted by Gasteiger charge is 1.97. The van der Waals surface area contributed by atoms with E-state index in [0.717, 1.165) is 16.8 Å². The van der Waals surface area contributed by atoms with E-state index in [1.165, 1.54) is 8.46 Å². The maximum atomic E-state index is 4.27.